The molecule has 1 aromatic carbocycles. The predicted octanol–water partition coefficient (Wildman–Crippen LogP) is 3.59. The second-order valence-corrected chi connectivity index (χ2v) is 5.61. The Bertz CT molecular complexity index is 897. The molecule has 124 valence electrons. The zero-order valence-electron chi connectivity index (χ0n) is 12.7. The van der Waals surface area contributed by atoms with Crippen LogP contribution in [-0.2, 0) is 6.54 Å². The van der Waals surface area contributed by atoms with Crippen LogP contribution in [0.5, 0.6) is 0 Å². The molecule has 0 saturated heterocycles. The summed E-state index contributed by atoms with van der Waals surface area (Å²) < 4.78 is 27.9. The van der Waals surface area contributed by atoms with Crippen molar-refractivity contribution in [3.63, 3.8) is 0 Å². The smallest absolute Gasteiger partial charge is 0.282 e. The van der Waals surface area contributed by atoms with Gasteiger partial charge in [-0.15, -0.1) is 0 Å². The van der Waals surface area contributed by atoms with Crippen molar-refractivity contribution in [2.45, 2.75) is 13.0 Å². The number of fused-ring (bicyclic) bond motifs is 1. The Labute approximate surface area is 141 Å². The summed E-state index contributed by atoms with van der Waals surface area (Å²) in [6.07, 6.45) is 1.31. The van der Waals surface area contributed by atoms with Crippen molar-refractivity contribution < 1.29 is 13.6 Å². The van der Waals surface area contributed by atoms with Gasteiger partial charge in [-0.05, 0) is 11.6 Å². The monoisotopic (exact) mass is 350 g/mol. The van der Waals surface area contributed by atoms with Gasteiger partial charge in [-0.1, -0.05) is 29.8 Å². The molecule has 1 amide bonds. The predicted molar refractivity (Wildman–Crippen MR) is 85.2 cm³/mol. The maximum atomic E-state index is 13.3. The van der Waals surface area contributed by atoms with E-state index in [0.29, 0.717) is 5.02 Å². The van der Waals surface area contributed by atoms with E-state index in [1.54, 1.807) is 24.3 Å². The van der Waals surface area contributed by atoms with Gasteiger partial charge in [-0.25, -0.2) is 13.8 Å². The minimum absolute atomic E-state index is 0.169. The second kappa shape index (κ2) is 6.52. The fraction of sp³-hybridized carbons (Fsp3) is 0.188. The van der Waals surface area contributed by atoms with E-state index in [1.807, 2.05) is 0 Å². The highest BCUT2D eigenvalue weighted by molar-refractivity contribution is 6.31. The third-order valence-electron chi connectivity index (χ3n) is 3.58. The molecule has 0 aliphatic rings. The topological polar surface area (TPSA) is 50.5 Å². The van der Waals surface area contributed by atoms with E-state index in [4.69, 9.17) is 11.6 Å². The van der Waals surface area contributed by atoms with Gasteiger partial charge in [0.15, 0.2) is 5.65 Å². The van der Waals surface area contributed by atoms with Crippen molar-refractivity contribution >= 4 is 23.2 Å². The summed E-state index contributed by atoms with van der Waals surface area (Å²) in [4.78, 5) is 21.7. The van der Waals surface area contributed by atoms with Crippen LogP contribution in [0.2, 0.25) is 5.02 Å². The second-order valence-electron chi connectivity index (χ2n) is 5.20. The number of carbonyl (C=O) groups excluding carboxylic acids is 1. The van der Waals surface area contributed by atoms with Crippen LogP contribution in [0.3, 0.4) is 0 Å². The number of alkyl halides is 2. The average Bonchev–Trinajstić information content (AvgIpc) is 2.96. The van der Waals surface area contributed by atoms with E-state index in [9.17, 15) is 13.6 Å². The molecule has 0 bridgehead atoms. The number of nitrogens with zero attached hydrogens (tertiary/aromatic N) is 4. The van der Waals surface area contributed by atoms with E-state index in [2.05, 4.69) is 9.97 Å². The molecule has 0 aliphatic heterocycles. The van der Waals surface area contributed by atoms with Crippen molar-refractivity contribution in [1.29, 1.82) is 0 Å². The van der Waals surface area contributed by atoms with Crippen LogP contribution in [0, 0.1) is 0 Å². The third kappa shape index (κ3) is 2.94. The molecule has 0 N–H and O–H groups in total. The number of benzene rings is 1. The Kier molecular flexibility index (Phi) is 4.44. The molecule has 3 rings (SSSR count). The fourth-order valence-electron chi connectivity index (χ4n) is 2.42. The van der Waals surface area contributed by atoms with Crippen LogP contribution in [0.25, 0.3) is 5.65 Å². The largest absolute Gasteiger partial charge is 0.336 e. The van der Waals surface area contributed by atoms with Gasteiger partial charge in [0, 0.05) is 31.0 Å². The lowest BCUT2D eigenvalue weighted by molar-refractivity contribution is 0.0764. The summed E-state index contributed by atoms with van der Waals surface area (Å²) in [5, 5.41) is 0.508. The van der Waals surface area contributed by atoms with Gasteiger partial charge in [0.1, 0.15) is 11.4 Å². The van der Waals surface area contributed by atoms with E-state index in [1.165, 1.54) is 34.9 Å². The fourth-order valence-corrected chi connectivity index (χ4v) is 2.62. The molecule has 0 atom stereocenters. The van der Waals surface area contributed by atoms with Crippen LogP contribution in [0.4, 0.5) is 8.78 Å². The number of hydrogen-bond donors (Lipinski definition) is 0. The zero-order valence-corrected chi connectivity index (χ0v) is 13.4. The molecule has 24 heavy (non-hydrogen) atoms. The molecule has 0 saturated carbocycles. The molecule has 5 nitrogen and oxygen atoms in total. The highest BCUT2D eigenvalue weighted by Crippen LogP contribution is 2.25. The normalized spacial score (nSPS) is 11.2. The summed E-state index contributed by atoms with van der Waals surface area (Å²) in [5.74, 6) is -0.566. The summed E-state index contributed by atoms with van der Waals surface area (Å²) in [7, 11) is 1.53. The quantitative estimate of drug-likeness (QED) is 0.722. The number of halogens is 3. The van der Waals surface area contributed by atoms with Crippen molar-refractivity contribution in [2.75, 3.05) is 7.05 Å². The van der Waals surface area contributed by atoms with Crippen LogP contribution in [0.1, 0.15) is 28.2 Å². The van der Waals surface area contributed by atoms with Crippen molar-refractivity contribution in [3.8, 4) is 0 Å². The zero-order chi connectivity index (χ0) is 17.3. The number of hydrogen-bond acceptors (Lipinski definition) is 3. The maximum absolute atomic E-state index is 13.3. The first-order valence-corrected chi connectivity index (χ1v) is 7.46. The number of rotatable bonds is 4. The Morgan fingerprint density at radius 3 is 2.83 bits per heavy atom. The summed E-state index contributed by atoms with van der Waals surface area (Å²) in [6, 6.07) is 7.06. The standard InChI is InChI=1S/C16H13ClF2N4O/c1-22(9-10-4-2-3-5-11(10)17)16(24)14-13(15(18)19)21-12-8-20-6-7-23(12)14/h2-8,15H,9H2,1H3. The Balaban J connectivity index is 1.99. The van der Waals surface area contributed by atoms with Crippen LogP contribution >= 0.6 is 11.6 Å². The summed E-state index contributed by atoms with van der Waals surface area (Å²) in [6.45, 7) is 0.194. The molecule has 8 heteroatoms. The van der Waals surface area contributed by atoms with Gasteiger partial charge in [0.25, 0.3) is 12.3 Å². The molecular weight excluding hydrogens is 338 g/mol. The first-order chi connectivity index (χ1) is 11.5. The highest BCUT2D eigenvalue weighted by atomic mass is 35.5. The van der Waals surface area contributed by atoms with Crippen LogP contribution in [-0.4, -0.2) is 32.2 Å². The van der Waals surface area contributed by atoms with E-state index < -0.39 is 18.0 Å². The molecular formula is C16H13ClF2N4O. The van der Waals surface area contributed by atoms with E-state index >= 15 is 0 Å². The van der Waals surface area contributed by atoms with Gasteiger partial charge in [-0.3, -0.25) is 14.2 Å². The van der Waals surface area contributed by atoms with Crippen molar-refractivity contribution in [1.82, 2.24) is 19.3 Å². The van der Waals surface area contributed by atoms with Crippen molar-refractivity contribution in [2.24, 2.45) is 0 Å². The number of carbonyl (C=O) groups is 1. The Hall–Kier alpha value is -2.54. The maximum Gasteiger partial charge on any atom is 0.282 e. The number of amides is 1. The van der Waals surface area contributed by atoms with Gasteiger partial charge in [0.2, 0.25) is 0 Å². The van der Waals surface area contributed by atoms with E-state index in [0.717, 1.165) is 5.56 Å². The van der Waals surface area contributed by atoms with Gasteiger partial charge in [-0.2, -0.15) is 0 Å². The molecule has 0 spiro atoms. The Morgan fingerprint density at radius 2 is 2.12 bits per heavy atom. The van der Waals surface area contributed by atoms with Crippen LogP contribution in [0.15, 0.2) is 42.9 Å². The van der Waals surface area contributed by atoms with Gasteiger partial charge in [0.05, 0.1) is 6.20 Å². The number of imidazole rings is 1. The minimum Gasteiger partial charge on any atom is -0.336 e. The SMILES string of the molecule is CN(Cc1ccccc1Cl)C(=O)c1c(C(F)F)nc2cnccn12. The minimum atomic E-state index is -2.86. The van der Waals surface area contributed by atoms with Gasteiger partial charge < -0.3 is 4.90 Å². The third-order valence-corrected chi connectivity index (χ3v) is 3.95. The van der Waals surface area contributed by atoms with Crippen LogP contribution < -0.4 is 0 Å². The lowest BCUT2D eigenvalue weighted by Crippen LogP contribution is -2.28. The average molecular weight is 351 g/mol. The van der Waals surface area contributed by atoms with Crippen molar-refractivity contribution in [3.05, 3.63) is 64.8 Å². The summed E-state index contributed by atoms with van der Waals surface area (Å²) >= 11 is 6.09. The molecule has 2 aromatic heterocycles. The number of aromatic nitrogens is 3. The molecule has 0 fully saturated rings. The lowest BCUT2D eigenvalue weighted by Gasteiger charge is -2.18. The molecule has 0 unspecified atom stereocenters. The van der Waals surface area contributed by atoms with E-state index in [-0.39, 0.29) is 17.9 Å². The summed E-state index contributed by atoms with van der Waals surface area (Å²) in [5.41, 5.74) is 0.197. The first-order valence-electron chi connectivity index (χ1n) is 7.08. The Morgan fingerprint density at radius 1 is 1.38 bits per heavy atom. The van der Waals surface area contributed by atoms with Gasteiger partial charge >= 0.3 is 0 Å². The highest BCUT2D eigenvalue weighted by Gasteiger charge is 2.27. The molecule has 0 radical (unpaired) electrons. The first kappa shape index (κ1) is 16.3. The molecule has 2 heterocycles. The lowest BCUT2D eigenvalue weighted by atomic mass is 10.2. The molecule has 0 aliphatic carbocycles. The molecule has 3 aromatic rings.